The molecular formula is C13H19NO4S. The summed E-state index contributed by atoms with van der Waals surface area (Å²) in [5.41, 5.74) is 0.630. The maximum Gasteiger partial charge on any atom is 0.246 e. The SMILES string of the molecule is COc1cc(CO)ccc1S(=O)(=O)N1CCC(C)C1. The molecule has 1 aromatic carbocycles. The predicted molar refractivity (Wildman–Crippen MR) is 71.5 cm³/mol. The van der Waals surface area contributed by atoms with Gasteiger partial charge in [-0.3, -0.25) is 0 Å². The second-order valence-electron chi connectivity index (χ2n) is 4.90. The summed E-state index contributed by atoms with van der Waals surface area (Å²) < 4.78 is 31.7. The zero-order valence-electron chi connectivity index (χ0n) is 11.2. The number of methoxy groups -OCH3 is 1. The van der Waals surface area contributed by atoms with Gasteiger partial charge >= 0.3 is 0 Å². The van der Waals surface area contributed by atoms with Gasteiger partial charge in [-0.15, -0.1) is 0 Å². The van der Waals surface area contributed by atoms with Crippen molar-refractivity contribution in [2.75, 3.05) is 20.2 Å². The first-order chi connectivity index (χ1) is 8.98. The van der Waals surface area contributed by atoms with Gasteiger partial charge in [0.2, 0.25) is 10.0 Å². The van der Waals surface area contributed by atoms with Crippen LogP contribution < -0.4 is 4.74 Å². The first-order valence-electron chi connectivity index (χ1n) is 6.27. The Morgan fingerprint density at radius 1 is 1.47 bits per heavy atom. The Morgan fingerprint density at radius 3 is 2.74 bits per heavy atom. The van der Waals surface area contributed by atoms with Gasteiger partial charge < -0.3 is 9.84 Å². The molecule has 5 nitrogen and oxygen atoms in total. The lowest BCUT2D eigenvalue weighted by Gasteiger charge is -2.18. The highest BCUT2D eigenvalue weighted by molar-refractivity contribution is 7.89. The summed E-state index contributed by atoms with van der Waals surface area (Å²) in [6, 6.07) is 4.67. The predicted octanol–water partition coefficient (Wildman–Crippen LogP) is 1.22. The van der Waals surface area contributed by atoms with Gasteiger partial charge in [0.25, 0.3) is 0 Å². The molecule has 2 rings (SSSR count). The molecule has 1 unspecified atom stereocenters. The monoisotopic (exact) mass is 285 g/mol. The minimum Gasteiger partial charge on any atom is -0.495 e. The Bertz CT molecular complexity index is 556. The zero-order valence-corrected chi connectivity index (χ0v) is 12.0. The summed E-state index contributed by atoms with van der Waals surface area (Å²) in [6.45, 7) is 3.00. The molecule has 0 amide bonds. The van der Waals surface area contributed by atoms with Gasteiger partial charge in [0.05, 0.1) is 13.7 Å². The third kappa shape index (κ3) is 2.75. The molecular weight excluding hydrogens is 266 g/mol. The number of nitrogens with zero attached hydrogens (tertiary/aromatic N) is 1. The van der Waals surface area contributed by atoms with Crippen molar-refractivity contribution >= 4 is 10.0 Å². The molecule has 106 valence electrons. The van der Waals surface area contributed by atoms with Crippen LogP contribution in [0, 0.1) is 5.92 Å². The number of hydrogen-bond acceptors (Lipinski definition) is 4. The van der Waals surface area contributed by atoms with Crippen molar-refractivity contribution in [1.82, 2.24) is 4.31 Å². The first kappa shape index (κ1) is 14.3. The lowest BCUT2D eigenvalue weighted by atomic mass is 10.2. The first-order valence-corrected chi connectivity index (χ1v) is 7.71. The van der Waals surface area contributed by atoms with E-state index in [1.54, 1.807) is 12.1 Å². The van der Waals surface area contributed by atoms with Gasteiger partial charge in [0.1, 0.15) is 10.6 Å². The summed E-state index contributed by atoms with van der Waals surface area (Å²) in [4.78, 5) is 0.168. The van der Waals surface area contributed by atoms with E-state index in [9.17, 15) is 8.42 Å². The quantitative estimate of drug-likeness (QED) is 0.903. The van der Waals surface area contributed by atoms with E-state index in [-0.39, 0.29) is 17.3 Å². The molecule has 1 aliphatic rings. The van der Waals surface area contributed by atoms with Crippen LogP contribution in [0.2, 0.25) is 0 Å². The third-order valence-corrected chi connectivity index (χ3v) is 5.32. The fourth-order valence-electron chi connectivity index (χ4n) is 2.28. The van der Waals surface area contributed by atoms with Crippen LogP contribution in [0.15, 0.2) is 23.1 Å². The summed E-state index contributed by atoms with van der Waals surface area (Å²) in [6.07, 6.45) is 0.885. The van der Waals surface area contributed by atoms with Crippen LogP contribution in [0.25, 0.3) is 0 Å². The van der Waals surface area contributed by atoms with Crippen molar-refractivity contribution in [3.63, 3.8) is 0 Å². The molecule has 6 heteroatoms. The van der Waals surface area contributed by atoms with Crippen LogP contribution in [0.3, 0.4) is 0 Å². The molecule has 0 radical (unpaired) electrons. The number of ether oxygens (including phenoxy) is 1. The highest BCUT2D eigenvalue weighted by atomic mass is 32.2. The van der Waals surface area contributed by atoms with E-state index in [0.717, 1.165) is 6.42 Å². The molecule has 1 fully saturated rings. The Hall–Kier alpha value is -1.11. The van der Waals surface area contributed by atoms with Crippen molar-refractivity contribution < 1.29 is 18.3 Å². The molecule has 1 N–H and O–H groups in total. The average molecular weight is 285 g/mol. The number of aliphatic hydroxyl groups is 1. The second-order valence-corrected chi connectivity index (χ2v) is 6.81. The van der Waals surface area contributed by atoms with Gasteiger partial charge in [-0.1, -0.05) is 13.0 Å². The van der Waals surface area contributed by atoms with E-state index >= 15 is 0 Å². The number of hydrogen-bond donors (Lipinski definition) is 1. The number of aliphatic hydroxyl groups excluding tert-OH is 1. The van der Waals surface area contributed by atoms with Crippen molar-refractivity contribution in [3.8, 4) is 5.75 Å². The Labute approximate surface area is 113 Å². The summed E-state index contributed by atoms with van der Waals surface area (Å²) in [7, 11) is -2.08. The minimum atomic E-state index is -3.51. The molecule has 19 heavy (non-hydrogen) atoms. The summed E-state index contributed by atoms with van der Waals surface area (Å²) in [5.74, 6) is 0.670. The number of rotatable bonds is 4. The molecule has 0 saturated carbocycles. The van der Waals surface area contributed by atoms with Gasteiger partial charge in [0.15, 0.2) is 0 Å². The van der Waals surface area contributed by atoms with Gasteiger partial charge in [-0.25, -0.2) is 8.42 Å². The lowest BCUT2D eigenvalue weighted by Crippen LogP contribution is -2.29. The fourth-order valence-corrected chi connectivity index (χ4v) is 3.99. The fraction of sp³-hybridized carbons (Fsp3) is 0.538. The topological polar surface area (TPSA) is 66.8 Å². The lowest BCUT2D eigenvalue weighted by molar-refractivity contribution is 0.280. The molecule has 0 bridgehead atoms. The van der Waals surface area contributed by atoms with Crippen molar-refractivity contribution in [2.24, 2.45) is 5.92 Å². The molecule has 1 aliphatic heterocycles. The molecule has 0 aliphatic carbocycles. The van der Waals surface area contributed by atoms with Crippen molar-refractivity contribution in [1.29, 1.82) is 0 Å². The smallest absolute Gasteiger partial charge is 0.246 e. The largest absolute Gasteiger partial charge is 0.495 e. The van der Waals surface area contributed by atoms with E-state index in [1.807, 2.05) is 6.92 Å². The Balaban J connectivity index is 2.40. The molecule has 1 aromatic rings. The van der Waals surface area contributed by atoms with E-state index in [1.165, 1.54) is 17.5 Å². The van der Waals surface area contributed by atoms with Gasteiger partial charge in [0, 0.05) is 13.1 Å². The zero-order chi connectivity index (χ0) is 14.0. The van der Waals surface area contributed by atoms with Gasteiger partial charge in [-0.2, -0.15) is 4.31 Å². The standard InChI is InChI=1S/C13H19NO4S/c1-10-5-6-14(8-10)19(16,17)13-4-3-11(9-15)7-12(13)18-2/h3-4,7,10,15H,5-6,8-9H2,1-2H3. The van der Waals surface area contributed by atoms with Crippen LogP contribution in [0.5, 0.6) is 5.75 Å². The van der Waals surface area contributed by atoms with Crippen LogP contribution in [-0.2, 0) is 16.6 Å². The highest BCUT2D eigenvalue weighted by Gasteiger charge is 2.32. The summed E-state index contributed by atoms with van der Waals surface area (Å²) >= 11 is 0. The third-order valence-electron chi connectivity index (χ3n) is 3.42. The van der Waals surface area contributed by atoms with Crippen LogP contribution in [0.1, 0.15) is 18.9 Å². The van der Waals surface area contributed by atoms with Crippen molar-refractivity contribution in [2.45, 2.75) is 24.8 Å². The van der Waals surface area contributed by atoms with E-state index in [0.29, 0.717) is 24.6 Å². The molecule has 1 saturated heterocycles. The highest BCUT2D eigenvalue weighted by Crippen LogP contribution is 2.30. The van der Waals surface area contributed by atoms with E-state index < -0.39 is 10.0 Å². The van der Waals surface area contributed by atoms with Gasteiger partial charge in [-0.05, 0) is 30.0 Å². The Kier molecular flexibility index (Phi) is 4.13. The molecule has 1 heterocycles. The van der Waals surface area contributed by atoms with Crippen LogP contribution in [0.4, 0.5) is 0 Å². The minimum absolute atomic E-state index is 0.141. The van der Waals surface area contributed by atoms with E-state index in [4.69, 9.17) is 9.84 Å². The van der Waals surface area contributed by atoms with Crippen LogP contribution >= 0.6 is 0 Å². The van der Waals surface area contributed by atoms with Crippen molar-refractivity contribution in [3.05, 3.63) is 23.8 Å². The number of benzene rings is 1. The van der Waals surface area contributed by atoms with E-state index in [2.05, 4.69) is 0 Å². The number of sulfonamides is 1. The molecule has 1 atom stereocenters. The van der Waals surface area contributed by atoms with Crippen LogP contribution in [-0.4, -0.2) is 38.0 Å². The summed E-state index contributed by atoms with van der Waals surface area (Å²) in [5, 5.41) is 9.08. The maximum absolute atomic E-state index is 12.5. The maximum atomic E-state index is 12.5. The average Bonchev–Trinajstić information content (AvgIpc) is 2.85. The second kappa shape index (κ2) is 5.48. The molecule has 0 spiro atoms. The molecule has 0 aromatic heterocycles. The normalized spacial score (nSPS) is 20.7. The Morgan fingerprint density at radius 2 is 2.21 bits per heavy atom.